The lowest BCUT2D eigenvalue weighted by atomic mass is 9.66. The van der Waals surface area contributed by atoms with Gasteiger partial charge in [-0.25, -0.2) is 0 Å². The number of rotatable bonds is 8. The quantitative estimate of drug-likeness (QED) is 0.149. The number of hydrogen-bond donors (Lipinski definition) is 0. The molecule has 0 unspecified atom stereocenters. The molecule has 0 aliphatic heterocycles. The van der Waals surface area contributed by atoms with Gasteiger partial charge in [0.25, 0.3) is 0 Å². The van der Waals surface area contributed by atoms with Gasteiger partial charge >= 0.3 is 0 Å². The summed E-state index contributed by atoms with van der Waals surface area (Å²) in [6.07, 6.45) is 0. The Bertz CT molecular complexity index is 2810. The molecule has 1 aromatic heterocycles. The van der Waals surface area contributed by atoms with Gasteiger partial charge < -0.3 is 4.90 Å². The van der Waals surface area contributed by atoms with Crippen molar-refractivity contribution in [1.82, 2.24) is 0 Å². The van der Waals surface area contributed by atoms with Crippen molar-refractivity contribution < 1.29 is 0 Å². The Morgan fingerprint density at radius 2 is 0.864 bits per heavy atom. The third kappa shape index (κ3) is 6.23. The predicted octanol–water partition coefficient (Wildman–Crippen LogP) is 15.9. The minimum Gasteiger partial charge on any atom is -0.310 e. The number of para-hydroxylation sites is 1. The molecule has 0 saturated heterocycles. The van der Waals surface area contributed by atoms with Crippen LogP contribution in [0.3, 0.4) is 0 Å². The Balaban J connectivity index is 1.27. The second kappa shape index (κ2) is 14.9. The second-order valence-electron chi connectivity index (χ2n) is 16.5. The van der Waals surface area contributed by atoms with Gasteiger partial charge in [-0.1, -0.05) is 209 Å². The molecule has 0 radical (unpaired) electrons. The molecule has 0 fully saturated rings. The fourth-order valence-corrected chi connectivity index (χ4v) is 10.6. The summed E-state index contributed by atoms with van der Waals surface area (Å²) in [4.78, 5) is 5.05. The van der Waals surface area contributed by atoms with Crippen LogP contribution in [0.2, 0.25) is 0 Å². The number of fused-ring (bicyclic) bond motifs is 3. The van der Waals surface area contributed by atoms with Gasteiger partial charge in [0.2, 0.25) is 0 Å². The van der Waals surface area contributed by atoms with Gasteiger partial charge in [-0.05, 0) is 85.8 Å². The topological polar surface area (TPSA) is 3.24 Å². The van der Waals surface area contributed by atoms with Gasteiger partial charge in [-0.3, -0.25) is 0 Å². The van der Waals surface area contributed by atoms with Gasteiger partial charge in [0.1, 0.15) is 0 Å². The van der Waals surface area contributed by atoms with Crippen LogP contribution in [0.15, 0.2) is 218 Å². The van der Waals surface area contributed by atoms with E-state index in [1.165, 1.54) is 71.0 Å². The van der Waals surface area contributed by atoms with Crippen LogP contribution in [0, 0.1) is 0 Å². The van der Waals surface area contributed by atoms with E-state index < -0.39 is 5.41 Å². The van der Waals surface area contributed by atoms with Crippen molar-refractivity contribution >= 4 is 28.4 Å². The molecule has 9 aromatic rings. The minimum atomic E-state index is -0.594. The summed E-state index contributed by atoms with van der Waals surface area (Å²) >= 11 is 1.93. The highest BCUT2D eigenvalue weighted by atomic mass is 32.1. The maximum absolute atomic E-state index is 2.46. The standard InChI is InChI=1S/C57H45NS/c1-56(2,3)44-36-32-40(33-37-44)41-34-38-48(39-35-41)58(47-28-17-8-18-29-47)50-31-19-30-49-52(50)55-53(57(49,45-24-13-6-14-25-45)46-26-15-7-16-27-46)51(42-20-9-4-10-21-42)54(59-55)43-22-11-5-12-23-43/h4-39H,1-3H3. The van der Waals surface area contributed by atoms with Crippen molar-refractivity contribution in [3.8, 4) is 43.1 Å². The van der Waals surface area contributed by atoms with E-state index >= 15 is 0 Å². The van der Waals surface area contributed by atoms with Crippen LogP contribution in [-0.4, -0.2) is 0 Å². The number of thiophene rings is 1. The third-order valence-electron chi connectivity index (χ3n) is 11.9. The molecule has 1 aliphatic rings. The molecule has 0 spiro atoms. The van der Waals surface area contributed by atoms with E-state index in [2.05, 4.69) is 244 Å². The monoisotopic (exact) mass is 775 g/mol. The Morgan fingerprint density at radius 1 is 0.390 bits per heavy atom. The van der Waals surface area contributed by atoms with Crippen molar-refractivity contribution in [2.45, 2.75) is 31.6 Å². The lowest BCUT2D eigenvalue weighted by molar-refractivity contribution is 0.590. The fourth-order valence-electron chi connectivity index (χ4n) is 9.16. The molecule has 8 aromatic carbocycles. The van der Waals surface area contributed by atoms with Crippen LogP contribution >= 0.6 is 11.3 Å². The first kappa shape index (κ1) is 36.6. The zero-order valence-corrected chi connectivity index (χ0v) is 34.5. The highest BCUT2D eigenvalue weighted by Crippen LogP contribution is 2.66. The first-order chi connectivity index (χ1) is 28.9. The largest absolute Gasteiger partial charge is 0.310 e. The van der Waals surface area contributed by atoms with Crippen LogP contribution < -0.4 is 4.90 Å². The van der Waals surface area contributed by atoms with E-state index in [0.717, 1.165) is 17.1 Å². The van der Waals surface area contributed by atoms with E-state index in [0.29, 0.717) is 0 Å². The second-order valence-corrected chi connectivity index (χ2v) is 17.5. The van der Waals surface area contributed by atoms with Crippen molar-refractivity contribution in [2.24, 2.45) is 0 Å². The number of anilines is 3. The van der Waals surface area contributed by atoms with E-state index in [-0.39, 0.29) is 5.41 Å². The van der Waals surface area contributed by atoms with Crippen molar-refractivity contribution in [3.63, 3.8) is 0 Å². The normalized spacial score (nSPS) is 12.8. The van der Waals surface area contributed by atoms with Gasteiger partial charge in [0, 0.05) is 32.3 Å². The molecule has 2 heteroatoms. The number of nitrogens with zero attached hydrogens (tertiary/aromatic N) is 1. The summed E-state index contributed by atoms with van der Waals surface area (Å²) in [5, 5.41) is 0. The van der Waals surface area contributed by atoms with Crippen molar-refractivity contribution in [3.05, 3.63) is 246 Å². The molecule has 0 saturated carbocycles. The molecule has 59 heavy (non-hydrogen) atoms. The SMILES string of the molecule is CC(C)(C)c1ccc(-c2ccc(N(c3ccccc3)c3cccc4c3-c3sc(-c5ccccc5)c(-c5ccccc5)c3C4(c3ccccc3)c3ccccc3)cc2)cc1. The third-order valence-corrected chi connectivity index (χ3v) is 13.2. The first-order valence-corrected chi connectivity index (χ1v) is 21.3. The smallest absolute Gasteiger partial charge is 0.0729 e. The summed E-state index contributed by atoms with van der Waals surface area (Å²) < 4.78 is 0. The number of hydrogen-bond acceptors (Lipinski definition) is 2. The molecule has 0 amide bonds. The van der Waals surface area contributed by atoms with Crippen molar-refractivity contribution in [2.75, 3.05) is 4.90 Å². The molecule has 1 aliphatic carbocycles. The lowest BCUT2D eigenvalue weighted by Gasteiger charge is -2.35. The van der Waals surface area contributed by atoms with E-state index in [9.17, 15) is 0 Å². The fraction of sp³-hybridized carbons (Fsp3) is 0.0877. The molecular weight excluding hydrogens is 731 g/mol. The van der Waals surface area contributed by atoms with E-state index in [1.54, 1.807) is 0 Å². The Labute approximate surface area is 352 Å². The molecule has 284 valence electrons. The van der Waals surface area contributed by atoms with Gasteiger partial charge in [-0.2, -0.15) is 0 Å². The average molecular weight is 776 g/mol. The van der Waals surface area contributed by atoms with Crippen LogP contribution in [-0.2, 0) is 10.8 Å². The van der Waals surface area contributed by atoms with E-state index in [1.807, 2.05) is 11.3 Å². The highest BCUT2D eigenvalue weighted by molar-refractivity contribution is 7.20. The summed E-state index contributed by atoms with van der Waals surface area (Å²) in [5.41, 5.74) is 16.8. The van der Waals surface area contributed by atoms with Gasteiger partial charge in [0.15, 0.2) is 0 Å². The first-order valence-electron chi connectivity index (χ1n) is 20.5. The summed E-state index contributed by atoms with van der Waals surface area (Å²) in [6.45, 7) is 6.80. The molecule has 0 N–H and O–H groups in total. The molecular formula is C57H45NS. The molecule has 0 bridgehead atoms. The minimum absolute atomic E-state index is 0.110. The van der Waals surface area contributed by atoms with Gasteiger partial charge in [-0.15, -0.1) is 11.3 Å². The van der Waals surface area contributed by atoms with Crippen molar-refractivity contribution in [1.29, 1.82) is 0 Å². The summed E-state index contributed by atoms with van der Waals surface area (Å²) in [5.74, 6) is 0. The molecule has 0 atom stereocenters. The maximum Gasteiger partial charge on any atom is 0.0729 e. The number of benzene rings is 8. The average Bonchev–Trinajstić information content (AvgIpc) is 3.82. The zero-order chi connectivity index (χ0) is 40.0. The van der Waals surface area contributed by atoms with Gasteiger partial charge in [0.05, 0.1) is 11.1 Å². The van der Waals surface area contributed by atoms with Crippen LogP contribution in [0.25, 0.3) is 43.1 Å². The lowest BCUT2D eigenvalue weighted by Crippen LogP contribution is -2.29. The highest BCUT2D eigenvalue weighted by Gasteiger charge is 2.51. The predicted molar refractivity (Wildman–Crippen MR) is 251 cm³/mol. The molecule has 1 nitrogen and oxygen atoms in total. The zero-order valence-electron chi connectivity index (χ0n) is 33.6. The Morgan fingerprint density at radius 3 is 1.41 bits per heavy atom. The van der Waals surface area contributed by atoms with Crippen LogP contribution in [0.1, 0.15) is 48.6 Å². The Kier molecular flexibility index (Phi) is 9.23. The molecule has 10 rings (SSSR count). The van der Waals surface area contributed by atoms with Crippen LogP contribution in [0.5, 0.6) is 0 Å². The summed E-state index contributed by atoms with van der Waals surface area (Å²) in [7, 11) is 0. The Hall–Kier alpha value is -6.74. The molecule has 1 heterocycles. The van der Waals surface area contributed by atoms with E-state index in [4.69, 9.17) is 0 Å². The summed E-state index contributed by atoms with van der Waals surface area (Å²) in [6, 6.07) is 80.4. The maximum atomic E-state index is 2.46. The van der Waals surface area contributed by atoms with Crippen LogP contribution in [0.4, 0.5) is 17.1 Å².